The second-order valence-electron chi connectivity index (χ2n) is 5.62. The predicted octanol–water partition coefficient (Wildman–Crippen LogP) is 0.116. The normalized spacial score (nSPS) is 19.4. The molecule has 1 amide bonds. The van der Waals surface area contributed by atoms with E-state index in [0.717, 1.165) is 23.6 Å². The van der Waals surface area contributed by atoms with Gasteiger partial charge >= 0.3 is 0 Å². The third-order valence-corrected chi connectivity index (χ3v) is 3.82. The van der Waals surface area contributed by atoms with Crippen molar-refractivity contribution < 1.29 is 4.79 Å². The summed E-state index contributed by atoms with van der Waals surface area (Å²) in [6, 6.07) is 1.66. The maximum absolute atomic E-state index is 11.7. The molecule has 1 aliphatic rings. The lowest BCUT2D eigenvalue weighted by Crippen LogP contribution is -2.57. The van der Waals surface area contributed by atoms with E-state index in [4.69, 9.17) is 5.73 Å². The number of piperazine rings is 1. The fourth-order valence-electron chi connectivity index (χ4n) is 2.64. The molecule has 0 saturated carbocycles. The van der Waals surface area contributed by atoms with Crippen molar-refractivity contribution in [3.05, 3.63) is 24.2 Å². The quantitative estimate of drug-likeness (QED) is 0.837. The summed E-state index contributed by atoms with van der Waals surface area (Å²) >= 11 is 0. The van der Waals surface area contributed by atoms with Gasteiger partial charge in [0.2, 0.25) is 5.91 Å². The first-order valence-corrected chi connectivity index (χ1v) is 7.19. The highest BCUT2D eigenvalue weighted by Crippen LogP contribution is 2.24. The summed E-state index contributed by atoms with van der Waals surface area (Å²) in [5.74, 6) is 0.768. The number of carbonyl (C=O) groups is 1. The number of carbonyl (C=O) groups excluding carboxylic acids is 1. The van der Waals surface area contributed by atoms with Gasteiger partial charge in [-0.2, -0.15) is 5.10 Å². The summed E-state index contributed by atoms with van der Waals surface area (Å²) in [4.78, 5) is 18.1. The topological polar surface area (TPSA) is 88.5 Å². The van der Waals surface area contributed by atoms with Crippen LogP contribution in [-0.2, 0) is 4.79 Å². The average Bonchev–Trinajstić information content (AvgIpc) is 2.91. The molecule has 7 heteroatoms. The van der Waals surface area contributed by atoms with Crippen LogP contribution in [-0.4, -0.2) is 46.2 Å². The summed E-state index contributed by atoms with van der Waals surface area (Å²) < 4.78 is 1.82. The lowest BCUT2D eigenvalue weighted by atomic mass is 10.1. The van der Waals surface area contributed by atoms with Gasteiger partial charge in [0, 0.05) is 32.0 Å². The van der Waals surface area contributed by atoms with Crippen molar-refractivity contribution in [2.45, 2.75) is 25.8 Å². The van der Waals surface area contributed by atoms with Crippen LogP contribution < -0.4 is 16.0 Å². The summed E-state index contributed by atoms with van der Waals surface area (Å²) in [5, 5.41) is 7.75. The molecule has 0 bridgehead atoms. The Morgan fingerprint density at radius 3 is 3.05 bits per heavy atom. The molecule has 2 aromatic heterocycles. The Kier molecular flexibility index (Phi) is 3.50. The average molecular weight is 288 g/mol. The van der Waals surface area contributed by atoms with E-state index in [1.165, 1.54) is 0 Å². The van der Waals surface area contributed by atoms with E-state index in [9.17, 15) is 4.79 Å². The van der Waals surface area contributed by atoms with Crippen LogP contribution in [0.15, 0.2) is 18.5 Å². The van der Waals surface area contributed by atoms with Crippen LogP contribution >= 0.6 is 0 Å². The SMILES string of the molecule is CC(C)c1cc2c(N3CCNCC3C(N)=O)nccn2n1. The van der Waals surface area contributed by atoms with Gasteiger partial charge in [0.15, 0.2) is 5.82 Å². The molecule has 0 aromatic carbocycles. The van der Waals surface area contributed by atoms with Crippen molar-refractivity contribution in [3.8, 4) is 0 Å². The van der Waals surface area contributed by atoms with Crippen molar-refractivity contribution in [1.29, 1.82) is 0 Å². The number of nitrogens with two attached hydrogens (primary N) is 1. The first kappa shape index (κ1) is 13.8. The number of nitrogens with one attached hydrogen (secondary N) is 1. The Labute approximate surface area is 123 Å². The number of nitrogens with zero attached hydrogens (tertiary/aromatic N) is 4. The van der Waals surface area contributed by atoms with Gasteiger partial charge in [-0.05, 0) is 12.0 Å². The smallest absolute Gasteiger partial charge is 0.241 e. The highest BCUT2D eigenvalue weighted by atomic mass is 16.1. The second kappa shape index (κ2) is 5.33. The zero-order valence-corrected chi connectivity index (χ0v) is 12.3. The number of rotatable bonds is 3. The van der Waals surface area contributed by atoms with Gasteiger partial charge in [0.05, 0.1) is 5.69 Å². The van der Waals surface area contributed by atoms with E-state index >= 15 is 0 Å². The third-order valence-electron chi connectivity index (χ3n) is 3.82. The van der Waals surface area contributed by atoms with Crippen LogP contribution in [0.1, 0.15) is 25.5 Å². The number of amides is 1. The van der Waals surface area contributed by atoms with Crippen LogP contribution in [0.25, 0.3) is 5.52 Å². The van der Waals surface area contributed by atoms with Crippen molar-refractivity contribution in [1.82, 2.24) is 19.9 Å². The molecule has 21 heavy (non-hydrogen) atoms. The van der Waals surface area contributed by atoms with Gasteiger partial charge in [-0.1, -0.05) is 13.8 Å². The summed E-state index contributed by atoms with van der Waals surface area (Å²) in [7, 11) is 0. The zero-order valence-electron chi connectivity index (χ0n) is 12.3. The molecule has 3 N–H and O–H groups in total. The molecule has 112 valence electrons. The van der Waals surface area contributed by atoms with Gasteiger partial charge in [-0.3, -0.25) is 4.79 Å². The highest BCUT2D eigenvalue weighted by Gasteiger charge is 2.29. The van der Waals surface area contributed by atoms with Gasteiger partial charge < -0.3 is 16.0 Å². The Bertz CT molecular complexity index is 665. The standard InChI is InChI=1S/C14H20N6O/c1-9(2)10-7-11-14(17-4-6-20(11)18-10)19-5-3-16-8-12(19)13(15)21/h4,6-7,9,12,16H,3,5,8H2,1-2H3,(H2,15,21). The van der Waals surface area contributed by atoms with E-state index in [0.29, 0.717) is 19.0 Å². The van der Waals surface area contributed by atoms with Crippen LogP contribution in [0.2, 0.25) is 0 Å². The largest absolute Gasteiger partial charge is 0.368 e. The molecule has 7 nitrogen and oxygen atoms in total. The minimum Gasteiger partial charge on any atom is -0.368 e. The number of fused-ring (bicyclic) bond motifs is 1. The van der Waals surface area contributed by atoms with E-state index < -0.39 is 0 Å². The van der Waals surface area contributed by atoms with E-state index in [1.807, 2.05) is 21.7 Å². The van der Waals surface area contributed by atoms with E-state index in [1.54, 1.807) is 6.20 Å². The Morgan fingerprint density at radius 2 is 2.33 bits per heavy atom. The maximum atomic E-state index is 11.7. The molecule has 1 saturated heterocycles. The fourth-order valence-corrected chi connectivity index (χ4v) is 2.64. The number of anilines is 1. The van der Waals surface area contributed by atoms with Crippen molar-refractivity contribution in [2.75, 3.05) is 24.5 Å². The molecule has 1 atom stereocenters. The molecular weight excluding hydrogens is 268 g/mol. The lowest BCUT2D eigenvalue weighted by molar-refractivity contribution is -0.119. The first-order chi connectivity index (χ1) is 10.1. The van der Waals surface area contributed by atoms with E-state index in [-0.39, 0.29) is 11.9 Å². The summed E-state index contributed by atoms with van der Waals surface area (Å²) in [6.07, 6.45) is 3.53. The second-order valence-corrected chi connectivity index (χ2v) is 5.62. The summed E-state index contributed by atoms with van der Waals surface area (Å²) in [6.45, 7) is 6.25. The number of primary amides is 1. The van der Waals surface area contributed by atoms with Crippen molar-refractivity contribution in [2.24, 2.45) is 5.73 Å². The van der Waals surface area contributed by atoms with Gasteiger partial charge in [0.1, 0.15) is 11.6 Å². The zero-order chi connectivity index (χ0) is 15.0. The van der Waals surface area contributed by atoms with Crippen LogP contribution in [0.3, 0.4) is 0 Å². The Hall–Kier alpha value is -2.15. The van der Waals surface area contributed by atoms with Gasteiger partial charge in [-0.15, -0.1) is 0 Å². The minimum atomic E-state index is -0.380. The molecule has 1 aliphatic heterocycles. The number of hydrogen-bond acceptors (Lipinski definition) is 5. The molecule has 0 radical (unpaired) electrons. The molecular formula is C14H20N6O. The molecule has 3 heterocycles. The fraction of sp³-hybridized carbons (Fsp3) is 0.500. The lowest BCUT2D eigenvalue weighted by Gasteiger charge is -2.35. The molecule has 1 unspecified atom stereocenters. The third kappa shape index (κ3) is 2.44. The first-order valence-electron chi connectivity index (χ1n) is 7.19. The maximum Gasteiger partial charge on any atom is 0.241 e. The molecule has 0 aliphatic carbocycles. The Morgan fingerprint density at radius 1 is 1.52 bits per heavy atom. The molecule has 2 aromatic rings. The molecule has 3 rings (SSSR count). The Balaban J connectivity index is 2.08. The highest BCUT2D eigenvalue weighted by molar-refractivity contribution is 5.86. The molecule has 0 spiro atoms. The van der Waals surface area contributed by atoms with E-state index in [2.05, 4.69) is 29.2 Å². The monoisotopic (exact) mass is 288 g/mol. The van der Waals surface area contributed by atoms with Crippen molar-refractivity contribution in [3.63, 3.8) is 0 Å². The number of aromatic nitrogens is 3. The van der Waals surface area contributed by atoms with Gasteiger partial charge in [0.25, 0.3) is 0 Å². The number of hydrogen-bond donors (Lipinski definition) is 2. The summed E-state index contributed by atoms with van der Waals surface area (Å²) in [5.41, 5.74) is 7.44. The van der Waals surface area contributed by atoms with Crippen LogP contribution in [0.5, 0.6) is 0 Å². The van der Waals surface area contributed by atoms with Crippen LogP contribution in [0.4, 0.5) is 5.82 Å². The predicted molar refractivity (Wildman–Crippen MR) is 80.3 cm³/mol. The minimum absolute atomic E-state index is 0.338. The molecule has 1 fully saturated rings. The van der Waals surface area contributed by atoms with Gasteiger partial charge in [-0.25, -0.2) is 9.50 Å². The van der Waals surface area contributed by atoms with Crippen molar-refractivity contribution >= 4 is 17.2 Å². The van der Waals surface area contributed by atoms with Crippen LogP contribution in [0, 0.1) is 0 Å².